The lowest BCUT2D eigenvalue weighted by molar-refractivity contribution is 0.194. The van der Waals surface area contributed by atoms with Crippen LogP contribution >= 0.6 is 0 Å². The first kappa shape index (κ1) is 12.8. The van der Waals surface area contributed by atoms with Gasteiger partial charge in [-0.25, -0.2) is 0 Å². The second kappa shape index (κ2) is 7.93. The number of rotatable bonds is 8. The molecule has 0 atom stereocenters. The zero-order valence-electron chi connectivity index (χ0n) is 10.0. The fraction of sp³-hybridized carbons (Fsp3) is 0.583. The second-order valence-electron chi connectivity index (χ2n) is 3.42. The molecule has 0 aliphatic heterocycles. The summed E-state index contributed by atoms with van der Waals surface area (Å²) in [6.45, 7) is 4.32. The minimum Gasteiger partial charge on any atom is -0.478 e. The molecular weight excluding hydrogens is 204 g/mol. The fourth-order valence-electron chi connectivity index (χ4n) is 1.33. The van der Waals surface area contributed by atoms with E-state index in [9.17, 15) is 0 Å². The second-order valence-corrected chi connectivity index (χ2v) is 3.42. The number of methoxy groups -OCH3 is 1. The Labute approximate surface area is 97.0 Å². The van der Waals surface area contributed by atoms with Crippen LogP contribution in [0.5, 0.6) is 5.88 Å². The van der Waals surface area contributed by atoms with E-state index in [0.717, 1.165) is 31.8 Å². The first-order valence-electron chi connectivity index (χ1n) is 5.69. The molecule has 1 aromatic rings. The van der Waals surface area contributed by atoms with Crippen molar-refractivity contribution in [3.05, 3.63) is 18.2 Å². The highest BCUT2D eigenvalue weighted by molar-refractivity contribution is 5.36. The maximum absolute atomic E-state index is 5.32. The van der Waals surface area contributed by atoms with E-state index >= 15 is 0 Å². The molecule has 16 heavy (non-hydrogen) atoms. The van der Waals surface area contributed by atoms with Crippen molar-refractivity contribution in [2.24, 2.45) is 0 Å². The number of pyridine rings is 1. The summed E-state index contributed by atoms with van der Waals surface area (Å²) in [5, 5.41) is 3.26. The predicted molar refractivity (Wildman–Crippen MR) is 65.0 cm³/mol. The highest BCUT2D eigenvalue weighted by atomic mass is 16.5. The van der Waals surface area contributed by atoms with Gasteiger partial charge in [-0.15, -0.1) is 0 Å². The summed E-state index contributed by atoms with van der Waals surface area (Å²) < 4.78 is 10.3. The lowest BCUT2D eigenvalue weighted by Crippen LogP contribution is -2.05. The first-order chi connectivity index (χ1) is 7.86. The molecule has 0 saturated carbocycles. The Hall–Kier alpha value is -1.29. The summed E-state index contributed by atoms with van der Waals surface area (Å²) in [7, 11) is 1.72. The molecule has 0 amide bonds. The Balaban J connectivity index is 2.27. The van der Waals surface area contributed by atoms with Gasteiger partial charge >= 0.3 is 0 Å². The number of ether oxygens (including phenoxy) is 2. The molecule has 0 fully saturated rings. The van der Waals surface area contributed by atoms with Gasteiger partial charge < -0.3 is 14.8 Å². The summed E-state index contributed by atoms with van der Waals surface area (Å²) in [4.78, 5) is 4.32. The van der Waals surface area contributed by atoms with E-state index in [-0.39, 0.29) is 0 Å². The molecule has 4 nitrogen and oxygen atoms in total. The lowest BCUT2D eigenvalue weighted by atomic mass is 10.3. The van der Waals surface area contributed by atoms with E-state index in [4.69, 9.17) is 9.47 Å². The average Bonchev–Trinajstić information content (AvgIpc) is 2.30. The van der Waals surface area contributed by atoms with Gasteiger partial charge in [0.25, 0.3) is 0 Å². The Kier molecular flexibility index (Phi) is 6.33. The number of hydrogen-bond donors (Lipinski definition) is 1. The van der Waals surface area contributed by atoms with Gasteiger partial charge in [-0.2, -0.15) is 4.98 Å². The number of hydrogen-bond acceptors (Lipinski definition) is 4. The van der Waals surface area contributed by atoms with Crippen molar-refractivity contribution in [2.45, 2.75) is 19.8 Å². The van der Waals surface area contributed by atoms with Gasteiger partial charge in [0, 0.05) is 26.3 Å². The molecule has 0 bridgehead atoms. The largest absolute Gasteiger partial charge is 0.478 e. The Morgan fingerprint density at radius 2 is 2.19 bits per heavy atom. The van der Waals surface area contributed by atoms with Crippen molar-refractivity contribution in [3.8, 4) is 5.88 Å². The third-order valence-electron chi connectivity index (χ3n) is 2.10. The third-order valence-corrected chi connectivity index (χ3v) is 2.10. The molecule has 90 valence electrons. The quantitative estimate of drug-likeness (QED) is 0.688. The number of anilines is 1. The molecule has 1 heterocycles. The van der Waals surface area contributed by atoms with E-state index in [1.165, 1.54) is 0 Å². The number of nitrogens with zero attached hydrogens (tertiary/aromatic N) is 1. The molecule has 0 radical (unpaired) electrons. The molecular formula is C12H20N2O2. The van der Waals surface area contributed by atoms with Crippen LogP contribution in [0.3, 0.4) is 0 Å². The first-order valence-corrected chi connectivity index (χ1v) is 5.69. The molecule has 4 heteroatoms. The van der Waals surface area contributed by atoms with E-state index < -0.39 is 0 Å². The van der Waals surface area contributed by atoms with Crippen LogP contribution in [0.4, 0.5) is 5.82 Å². The lowest BCUT2D eigenvalue weighted by Gasteiger charge is -2.07. The van der Waals surface area contributed by atoms with Crippen LogP contribution in [0.1, 0.15) is 19.8 Å². The van der Waals surface area contributed by atoms with E-state index in [1.807, 2.05) is 25.1 Å². The van der Waals surface area contributed by atoms with Crippen LogP contribution in [0.15, 0.2) is 18.2 Å². The molecule has 0 spiro atoms. The summed E-state index contributed by atoms with van der Waals surface area (Å²) in [6, 6.07) is 5.74. The van der Waals surface area contributed by atoms with Gasteiger partial charge in [-0.3, -0.25) is 0 Å². The zero-order chi connectivity index (χ0) is 11.6. The molecule has 0 aliphatic rings. The molecule has 1 rings (SSSR count). The molecule has 0 aromatic carbocycles. The molecule has 1 aromatic heterocycles. The highest BCUT2D eigenvalue weighted by Crippen LogP contribution is 2.11. The van der Waals surface area contributed by atoms with Crippen LogP contribution in [0.2, 0.25) is 0 Å². The van der Waals surface area contributed by atoms with Crippen LogP contribution < -0.4 is 10.1 Å². The maximum atomic E-state index is 5.32. The van der Waals surface area contributed by atoms with Crippen molar-refractivity contribution in [2.75, 3.05) is 32.2 Å². The Morgan fingerprint density at radius 1 is 1.31 bits per heavy atom. The summed E-state index contributed by atoms with van der Waals surface area (Å²) in [5.74, 6) is 1.53. The molecule has 0 saturated heterocycles. The van der Waals surface area contributed by atoms with Gasteiger partial charge in [-0.05, 0) is 25.8 Å². The van der Waals surface area contributed by atoms with Crippen LogP contribution in [0, 0.1) is 0 Å². The normalized spacial score (nSPS) is 10.1. The maximum Gasteiger partial charge on any atom is 0.215 e. The van der Waals surface area contributed by atoms with Gasteiger partial charge in [0.1, 0.15) is 5.82 Å². The minimum atomic E-state index is 0.643. The van der Waals surface area contributed by atoms with Crippen molar-refractivity contribution >= 4 is 5.82 Å². The summed E-state index contributed by atoms with van der Waals surface area (Å²) in [6.07, 6.45) is 2.14. The van der Waals surface area contributed by atoms with Crippen LogP contribution in [-0.4, -0.2) is 31.9 Å². The van der Waals surface area contributed by atoms with Gasteiger partial charge in [0.05, 0.1) is 6.61 Å². The molecule has 0 aliphatic carbocycles. The van der Waals surface area contributed by atoms with Crippen molar-refractivity contribution in [1.82, 2.24) is 4.98 Å². The topological polar surface area (TPSA) is 43.4 Å². The highest BCUT2D eigenvalue weighted by Gasteiger charge is 1.96. The van der Waals surface area contributed by atoms with Gasteiger partial charge in [0.15, 0.2) is 0 Å². The summed E-state index contributed by atoms with van der Waals surface area (Å²) >= 11 is 0. The standard InChI is InChI=1S/C12H20N2O2/c1-3-16-12-8-6-7-11(14-12)13-9-4-5-10-15-2/h6-8H,3-5,9-10H2,1-2H3,(H,13,14). The zero-order valence-corrected chi connectivity index (χ0v) is 10.0. The SMILES string of the molecule is CCOc1cccc(NCCCCOC)n1. The number of unbranched alkanes of at least 4 members (excludes halogenated alkanes) is 1. The van der Waals surface area contributed by atoms with E-state index in [1.54, 1.807) is 7.11 Å². The van der Waals surface area contributed by atoms with Crippen molar-refractivity contribution in [1.29, 1.82) is 0 Å². The van der Waals surface area contributed by atoms with Gasteiger partial charge in [-0.1, -0.05) is 6.07 Å². The van der Waals surface area contributed by atoms with E-state index in [2.05, 4.69) is 10.3 Å². The van der Waals surface area contributed by atoms with Crippen molar-refractivity contribution < 1.29 is 9.47 Å². The van der Waals surface area contributed by atoms with E-state index in [0.29, 0.717) is 12.5 Å². The van der Waals surface area contributed by atoms with Crippen LogP contribution in [-0.2, 0) is 4.74 Å². The van der Waals surface area contributed by atoms with Crippen molar-refractivity contribution in [3.63, 3.8) is 0 Å². The smallest absolute Gasteiger partial charge is 0.215 e. The summed E-state index contributed by atoms with van der Waals surface area (Å²) in [5.41, 5.74) is 0. The van der Waals surface area contributed by atoms with Crippen LogP contribution in [0.25, 0.3) is 0 Å². The average molecular weight is 224 g/mol. The Morgan fingerprint density at radius 3 is 2.94 bits per heavy atom. The monoisotopic (exact) mass is 224 g/mol. The third kappa shape index (κ3) is 4.98. The molecule has 0 unspecified atom stereocenters. The number of aromatic nitrogens is 1. The predicted octanol–water partition coefficient (Wildman–Crippen LogP) is 2.32. The Bertz CT molecular complexity index is 292. The fourth-order valence-corrected chi connectivity index (χ4v) is 1.33. The van der Waals surface area contributed by atoms with Gasteiger partial charge in [0.2, 0.25) is 5.88 Å². The molecule has 1 N–H and O–H groups in total. The number of nitrogens with one attached hydrogen (secondary N) is 1. The minimum absolute atomic E-state index is 0.643.